The number of para-hydroxylation sites is 6. The van der Waals surface area contributed by atoms with Crippen molar-refractivity contribution in [2.75, 3.05) is 0 Å². The third-order valence-electron chi connectivity index (χ3n) is 10.8. The van der Waals surface area contributed by atoms with Crippen LogP contribution in [-0.4, -0.2) is 28.7 Å². The number of hydrogen-bond acceptors (Lipinski definition) is 3. The van der Waals surface area contributed by atoms with Gasteiger partial charge >= 0.3 is 0 Å². The Hall–Kier alpha value is -6.79. The summed E-state index contributed by atoms with van der Waals surface area (Å²) in [6, 6.07) is 51.4. The van der Waals surface area contributed by atoms with Gasteiger partial charge in [0, 0.05) is 32.5 Å². The molecule has 246 valence electrons. The molecular weight excluding hydrogens is 637 g/mol. The molecule has 4 aromatic heterocycles. The third kappa shape index (κ3) is 4.09. The van der Waals surface area contributed by atoms with Crippen molar-refractivity contribution < 1.29 is 0 Å². The second-order valence-corrected chi connectivity index (χ2v) is 13.7. The van der Waals surface area contributed by atoms with Gasteiger partial charge in [-0.25, -0.2) is 0 Å². The van der Waals surface area contributed by atoms with Gasteiger partial charge < -0.3 is 4.57 Å². The predicted molar refractivity (Wildman–Crippen MR) is 213 cm³/mol. The van der Waals surface area contributed by atoms with Crippen molar-refractivity contribution in [2.24, 2.45) is 0 Å². The van der Waals surface area contributed by atoms with Gasteiger partial charge in [0.1, 0.15) is 0 Å². The topological polar surface area (TPSA) is 53.5 Å². The van der Waals surface area contributed by atoms with Crippen LogP contribution in [0.1, 0.15) is 30.5 Å². The fourth-order valence-corrected chi connectivity index (χ4v) is 8.54. The lowest BCUT2D eigenvalue weighted by Crippen LogP contribution is -2.12. The van der Waals surface area contributed by atoms with Crippen LogP contribution in [0.15, 0.2) is 152 Å². The summed E-state index contributed by atoms with van der Waals surface area (Å²) in [5.74, 6) is 2.16. The first-order valence-electron chi connectivity index (χ1n) is 17.9. The second kappa shape index (κ2) is 11.1. The molecule has 1 aliphatic rings. The molecule has 10 aromatic rings. The summed E-state index contributed by atoms with van der Waals surface area (Å²) in [7, 11) is 0. The Balaban J connectivity index is 1.26. The number of fused-ring (bicyclic) bond motifs is 9. The number of hydrogen-bond donors (Lipinski definition) is 0. The van der Waals surface area contributed by atoms with Crippen molar-refractivity contribution in [2.45, 2.75) is 19.3 Å². The molecule has 6 aromatic carbocycles. The molecule has 1 aliphatic carbocycles. The van der Waals surface area contributed by atoms with Crippen LogP contribution in [0.5, 0.6) is 0 Å². The second-order valence-electron chi connectivity index (χ2n) is 13.7. The van der Waals surface area contributed by atoms with Crippen LogP contribution >= 0.6 is 0 Å². The summed E-state index contributed by atoms with van der Waals surface area (Å²) in [4.78, 5) is 16.2. The Bertz CT molecular complexity index is 2980. The predicted octanol–water partition coefficient (Wildman–Crippen LogP) is 11.2. The molecule has 0 N–H and O–H groups in total. The smallest absolute Gasteiger partial charge is 0.240 e. The van der Waals surface area contributed by atoms with Gasteiger partial charge in [-0.1, -0.05) is 116 Å². The minimum atomic E-state index is 0.375. The number of rotatable bonds is 4. The molecule has 0 spiro atoms. The highest BCUT2D eigenvalue weighted by molar-refractivity contribution is 6.10. The van der Waals surface area contributed by atoms with E-state index in [0.29, 0.717) is 23.6 Å². The Morgan fingerprint density at radius 2 is 0.904 bits per heavy atom. The van der Waals surface area contributed by atoms with Gasteiger partial charge in [0.15, 0.2) is 5.82 Å². The van der Waals surface area contributed by atoms with Crippen molar-refractivity contribution in [3.05, 3.63) is 163 Å². The van der Waals surface area contributed by atoms with E-state index in [0.717, 1.165) is 61.7 Å². The third-order valence-corrected chi connectivity index (χ3v) is 10.8. The van der Waals surface area contributed by atoms with Gasteiger partial charge in [-0.15, -0.1) is 0 Å². The molecule has 11 rings (SSSR count). The van der Waals surface area contributed by atoms with Crippen LogP contribution in [0.25, 0.3) is 89.6 Å². The highest BCUT2D eigenvalue weighted by Crippen LogP contribution is 2.41. The molecule has 0 aliphatic heterocycles. The first-order chi connectivity index (χ1) is 25.7. The molecule has 4 heterocycles. The molecule has 1 unspecified atom stereocenters. The van der Waals surface area contributed by atoms with E-state index >= 15 is 0 Å². The maximum Gasteiger partial charge on any atom is 0.240 e. The highest BCUT2D eigenvalue weighted by Gasteiger charge is 2.26. The maximum absolute atomic E-state index is 5.41. The molecule has 52 heavy (non-hydrogen) atoms. The number of aromatic nitrogens is 6. The lowest BCUT2D eigenvalue weighted by molar-refractivity contribution is 0.768. The van der Waals surface area contributed by atoms with E-state index in [1.807, 2.05) is 0 Å². The highest BCUT2D eigenvalue weighted by atomic mass is 15.3. The van der Waals surface area contributed by atoms with Crippen molar-refractivity contribution in [1.82, 2.24) is 28.7 Å². The van der Waals surface area contributed by atoms with E-state index in [9.17, 15) is 0 Å². The Morgan fingerprint density at radius 3 is 1.48 bits per heavy atom. The molecule has 0 bridgehead atoms. The molecule has 1 atom stereocenters. The molecule has 0 amide bonds. The minimum Gasteiger partial charge on any atom is -0.309 e. The van der Waals surface area contributed by atoms with Crippen LogP contribution in [0.3, 0.4) is 0 Å². The number of nitrogens with zero attached hydrogens (tertiary/aromatic N) is 6. The standard InChI is InChI=1S/C46H32N6/c1-29-15-14-28-42-43(29)34-20-6-12-26-40(34)52(42)46-48-44(47-45(49-46)51-38-24-10-4-18-32(38)33-19-5-11-25-39(33)51)35-21-7-13-27-41(35)50-36-22-8-2-16-30(36)31-17-3-9-23-37(31)50/h2-14,16-29H,15H2,1H3. The van der Waals surface area contributed by atoms with Crippen LogP contribution in [0, 0.1) is 0 Å². The Kier molecular flexibility index (Phi) is 6.19. The van der Waals surface area contributed by atoms with Gasteiger partial charge in [-0.05, 0) is 66.4 Å². The van der Waals surface area contributed by atoms with Crippen molar-refractivity contribution in [3.63, 3.8) is 0 Å². The van der Waals surface area contributed by atoms with E-state index in [4.69, 9.17) is 15.0 Å². The van der Waals surface area contributed by atoms with Gasteiger partial charge in [0.05, 0.1) is 39.0 Å². The zero-order valence-corrected chi connectivity index (χ0v) is 28.5. The van der Waals surface area contributed by atoms with Crippen molar-refractivity contribution >= 4 is 60.6 Å². The van der Waals surface area contributed by atoms with E-state index in [2.05, 4.69) is 178 Å². The van der Waals surface area contributed by atoms with Crippen molar-refractivity contribution in [1.29, 1.82) is 0 Å². The largest absolute Gasteiger partial charge is 0.309 e. The van der Waals surface area contributed by atoms with E-state index in [1.165, 1.54) is 21.7 Å². The fourth-order valence-electron chi connectivity index (χ4n) is 8.54. The summed E-state index contributed by atoms with van der Waals surface area (Å²) in [5.41, 5.74) is 9.87. The molecule has 6 nitrogen and oxygen atoms in total. The fraction of sp³-hybridized carbons (Fsp3) is 0.0652. The summed E-state index contributed by atoms with van der Waals surface area (Å²) < 4.78 is 6.78. The molecule has 6 heteroatoms. The lowest BCUT2D eigenvalue weighted by atomic mass is 9.91. The van der Waals surface area contributed by atoms with Crippen LogP contribution in [-0.2, 0) is 0 Å². The van der Waals surface area contributed by atoms with Gasteiger partial charge in [-0.2, -0.15) is 15.0 Å². The zero-order chi connectivity index (χ0) is 34.3. The van der Waals surface area contributed by atoms with Crippen LogP contribution in [0.2, 0.25) is 0 Å². The van der Waals surface area contributed by atoms with E-state index in [-0.39, 0.29) is 0 Å². The first kappa shape index (κ1) is 29.0. The van der Waals surface area contributed by atoms with Crippen LogP contribution in [0.4, 0.5) is 0 Å². The average Bonchev–Trinajstić information content (AvgIpc) is 3.84. The molecule has 0 saturated carbocycles. The SMILES string of the molecule is CC1CC=Cc2c1c1ccccc1n2-c1nc(-c2ccccc2-n2c3ccccc3c3ccccc32)nc(-n2c3ccccc3c3ccccc32)n1. The Morgan fingerprint density at radius 1 is 0.462 bits per heavy atom. The monoisotopic (exact) mass is 668 g/mol. The summed E-state index contributed by atoms with van der Waals surface area (Å²) >= 11 is 0. The average molecular weight is 669 g/mol. The van der Waals surface area contributed by atoms with Crippen molar-refractivity contribution in [3.8, 4) is 29.0 Å². The minimum absolute atomic E-state index is 0.375. The summed E-state index contributed by atoms with van der Waals surface area (Å²) in [6.45, 7) is 2.31. The zero-order valence-electron chi connectivity index (χ0n) is 28.5. The van der Waals surface area contributed by atoms with Gasteiger partial charge in [0.2, 0.25) is 11.9 Å². The quantitative estimate of drug-likeness (QED) is 0.188. The molecule has 0 saturated heterocycles. The van der Waals surface area contributed by atoms with E-state index in [1.54, 1.807) is 0 Å². The first-order valence-corrected chi connectivity index (χ1v) is 17.9. The van der Waals surface area contributed by atoms with E-state index < -0.39 is 0 Å². The van der Waals surface area contributed by atoms with Gasteiger partial charge in [0.25, 0.3) is 0 Å². The molecule has 0 fully saturated rings. The summed E-state index contributed by atoms with van der Waals surface area (Å²) in [6.07, 6.45) is 5.52. The number of allylic oxidation sites excluding steroid dienone is 1. The molecule has 0 radical (unpaired) electrons. The van der Waals surface area contributed by atoms with Gasteiger partial charge in [-0.3, -0.25) is 9.13 Å². The molecular formula is C46H32N6. The lowest BCUT2D eigenvalue weighted by Gasteiger charge is -2.18. The normalized spacial score (nSPS) is 14.3. The number of benzene rings is 6. The maximum atomic E-state index is 5.41. The summed E-state index contributed by atoms with van der Waals surface area (Å²) in [5, 5.41) is 5.98. The van der Waals surface area contributed by atoms with Crippen LogP contribution < -0.4 is 0 Å². The Labute approximate surface area is 299 Å².